The van der Waals surface area contributed by atoms with E-state index in [1.807, 2.05) is 0 Å². The van der Waals surface area contributed by atoms with Crippen LogP contribution in [0.3, 0.4) is 0 Å². The Hall–Kier alpha value is -0.590. The van der Waals surface area contributed by atoms with E-state index in [4.69, 9.17) is 4.74 Å². The Morgan fingerprint density at radius 1 is 1.24 bits per heavy atom. The Morgan fingerprint density at radius 3 is 2.71 bits per heavy atom. The zero-order valence-corrected chi connectivity index (χ0v) is 10.5. The first-order chi connectivity index (χ1) is 8.30. The normalized spacial score (nSPS) is 37.0. The van der Waals surface area contributed by atoms with Gasteiger partial charge in [-0.05, 0) is 38.0 Å². The average molecular weight is 234 g/mol. The predicted octanol–water partition coefficient (Wildman–Crippen LogP) is 2.37. The molecule has 0 bridgehead atoms. The van der Waals surface area contributed by atoms with E-state index >= 15 is 0 Å². The van der Waals surface area contributed by atoms with Gasteiger partial charge in [0.1, 0.15) is 5.54 Å². The molecule has 3 heteroatoms. The SMILES string of the molecule is N#CC1(NC2CC2)CCC(OCCC2CC2)C1. The summed E-state index contributed by atoms with van der Waals surface area (Å²) < 4.78 is 5.92. The minimum atomic E-state index is -0.272. The number of rotatable bonds is 6. The smallest absolute Gasteiger partial charge is 0.109 e. The van der Waals surface area contributed by atoms with Crippen LogP contribution in [-0.2, 0) is 4.74 Å². The number of ether oxygens (including phenoxy) is 1. The van der Waals surface area contributed by atoms with Crippen LogP contribution in [0, 0.1) is 17.2 Å². The van der Waals surface area contributed by atoms with Crippen LogP contribution in [0.25, 0.3) is 0 Å². The van der Waals surface area contributed by atoms with Crippen molar-refractivity contribution in [2.75, 3.05) is 6.61 Å². The van der Waals surface area contributed by atoms with Crippen LogP contribution in [-0.4, -0.2) is 24.3 Å². The van der Waals surface area contributed by atoms with E-state index in [2.05, 4.69) is 11.4 Å². The molecule has 94 valence electrons. The molecule has 3 aliphatic rings. The first kappa shape index (κ1) is 11.5. The third-order valence-electron chi connectivity index (χ3n) is 4.32. The van der Waals surface area contributed by atoms with Crippen LogP contribution in [0.4, 0.5) is 0 Å². The molecular weight excluding hydrogens is 212 g/mol. The number of nitrogens with one attached hydrogen (secondary N) is 1. The minimum Gasteiger partial charge on any atom is -0.378 e. The maximum absolute atomic E-state index is 9.37. The lowest BCUT2D eigenvalue weighted by atomic mass is 9.99. The first-order valence-electron chi connectivity index (χ1n) is 7.10. The van der Waals surface area contributed by atoms with Crippen LogP contribution < -0.4 is 5.32 Å². The van der Waals surface area contributed by atoms with Gasteiger partial charge in [-0.2, -0.15) is 5.26 Å². The van der Waals surface area contributed by atoms with Gasteiger partial charge in [0.15, 0.2) is 0 Å². The van der Waals surface area contributed by atoms with Gasteiger partial charge in [-0.15, -0.1) is 0 Å². The second-order valence-electron chi connectivity index (χ2n) is 6.08. The fourth-order valence-electron chi connectivity index (χ4n) is 2.83. The Balaban J connectivity index is 1.43. The van der Waals surface area contributed by atoms with E-state index in [9.17, 15) is 5.26 Å². The van der Waals surface area contributed by atoms with Gasteiger partial charge in [0.2, 0.25) is 0 Å². The molecule has 0 heterocycles. The van der Waals surface area contributed by atoms with Gasteiger partial charge in [0.05, 0.1) is 12.2 Å². The lowest BCUT2D eigenvalue weighted by Gasteiger charge is -2.22. The van der Waals surface area contributed by atoms with Crippen molar-refractivity contribution in [2.45, 2.75) is 69.1 Å². The van der Waals surface area contributed by atoms with Crippen molar-refractivity contribution < 1.29 is 4.74 Å². The van der Waals surface area contributed by atoms with Crippen LogP contribution >= 0.6 is 0 Å². The summed E-state index contributed by atoms with van der Waals surface area (Å²) in [4.78, 5) is 0. The van der Waals surface area contributed by atoms with E-state index in [1.54, 1.807) is 0 Å². The highest BCUT2D eigenvalue weighted by Crippen LogP contribution is 2.36. The fourth-order valence-corrected chi connectivity index (χ4v) is 2.83. The standard InChI is InChI=1S/C14H22N2O/c15-10-14(16-12-3-4-12)7-5-13(9-14)17-8-6-11-1-2-11/h11-13,16H,1-9H2. The minimum absolute atomic E-state index is 0.272. The third-order valence-corrected chi connectivity index (χ3v) is 4.32. The summed E-state index contributed by atoms with van der Waals surface area (Å²) in [5.74, 6) is 0.946. The molecule has 0 aliphatic heterocycles. The number of hydrogen-bond donors (Lipinski definition) is 1. The average Bonchev–Trinajstić information content (AvgIpc) is 3.22. The fraction of sp³-hybridized carbons (Fsp3) is 0.929. The molecule has 3 fully saturated rings. The van der Waals surface area contributed by atoms with Crippen molar-refractivity contribution >= 4 is 0 Å². The topological polar surface area (TPSA) is 45.0 Å². The molecule has 0 aromatic heterocycles. The molecule has 3 aliphatic carbocycles. The maximum Gasteiger partial charge on any atom is 0.109 e. The maximum atomic E-state index is 9.37. The zero-order valence-electron chi connectivity index (χ0n) is 10.5. The predicted molar refractivity (Wildman–Crippen MR) is 65.4 cm³/mol. The van der Waals surface area contributed by atoms with E-state index < -0.39 is 0 Å². The van der Waals surface area contributed by atoms with E-state index in [-0.39, 0.29) is 5.54 Å². The largest absolute Gasteiger partial charge is 0.378 e. The van der Waals surface area contributed by atoms with Crippen LogP contribution in [0.15, 0.2) is 0 Å². The molecule has 2 unspecified atom stereocenters. The number of nitriles is 1. The molecular formula is C14H22N2O. The quantitative estimate of drug-likeness (QED) is 0.767. The molecule has 0 amide bonds. The molecule has 17 heavy (non-hydrogen) atoms. The molecule has 0 aromatic carbocycles. The second-order valence-corrected chi connectivity index (χ2v) is 6.08. The van der Waals surface area contributed by atoms with Gasteiger partial charge in [-0.1, -0.05) is 12.8 Å². The number of nitrogens with zero attached hydrogens (tertiary/aromatic N) is 1. The molecule has 0 spiro atoms. The molecule has 0 aromatic rings. The van der Waals surface area contributed by atoms with Crippen molar-refractivity contribution in [3.05, 3.63) is 0 Å². The van der Waals surface area contributed by atoms with Gasteiger partial charge >= 0.3 is 0 Å². The molecule has 3 rings (SSSR count). The van der Waals surface area contributed by atoms with Crippen molar-refractivity contribution in [2.24, 2.45) is 5.92 Å². The van der Waals surface area contributed by atoms with Gasteiger partial charge in [0, 0.05) is 19.1 Å². The molecule has 3 saturated carbocycles. The van der Waals surface area contributed by atoms with Crippen LogP contribution in [0.1, 0.15) is 51.4 Å². The molecule has 1 N–H and O–H groups in total. The van der Waals surface area contributed by atoms with E-state index in [0.717, 1.165) is 31.8 Å². The lowest BCUT2D eigenvalue weighted by Crippen LogP contribution is -2.43. The van der Waals surface area contributed by atoms with Crippen molar-refractivity contribution in [3.8, 4) is 6.07 Å². The second kappa shape index (κ2) is 4.59. The zero-order chi connectivity index (χ0) is 11.7. The molecule has 0 radical (unpaired) electrons. The van der Waals surface area contributed by atoms with Gasteiger partial charge in [-0.25, -0.2) is 0 Å². The number of hydrogen-bond acceptors (Lipinski definition) is 3. The monoisotopic (exact) mass is 234 g/mol. The highest BCUT2D eigenvalue weighted by atomic mass is 16.5. The Morgan fingerprint density at radius 2 is 2.06 bits per heavy atom. The van der Waals surface area contributed by atoms with Crippen LogP contribution in [0.2, 0.25) is 0 Å². The summed E-state index contributed by atoms with van der Waals surface area (Å²) in [6.45, 7) is 0.903. The van der Waals surface area contributed by atoms with Gasteiger partial charge < -0.3 is 4.74 Å². The Bertz CT molecular complexity index is 317. The molecule has 2 atom stereocenters. The summed E-state index contributed by atoms with van der Waals surface area (Å²) in [6, 6.07) is 3.11. The highest BCUT2D eigenvalue weighted by Gasteiger charge is 2.43. The van der Waals surface area contributed by atoms with E-state index in [1.165, 1.54) is 32.1 Å². The summed E-state index contributed by atoms with van der Waals surface area (Å²) in [5, 5.41) is 12.9. The molecule has 3 nitrogen and oxygen atoms in total. The summed E-state index contributed by atoms with van der Waals surface area (Å²) in [5.41, 5.74) is -0.272. The summed E-state index contributed by atoms with van der Waals surface area (Å²) >= 11 is 0. The first-order valence-corrected chi connectivity index (χ1v) is 7.10. The van der Waals surface area contributed by atoms with Crippen molar-refractivity contribution in [1.29, 1.82) is 5.26 Å². The summed E-state index contributed by atoms with van der Waals surface area (Å²) in [6.07, 6.45) is 9.76. The Kier molecular flexibility index (Phi) is 3.10. The van der Waals surface area contributed by atoms with Crippen molar-refractivity contribution in [1.82, 2.24) is 5.32 Å². The summed E-state index contributed by atoms with van der Waals surface area (Å²) in [7, 11) is 0. The molecule has 0 saturated heterocycles. The third kappa shape index (κ3) is 3.00. The van der Waals surface area contributed by atoms with E-state index in [0.29, 0.717) is 12.1 Å². The van der Waals surface area contributed by atoms with Crippen LogP contribution in [0.5, 0.6) is 0 Å². The van der Waals surface area contributed by atoms with Gasteiger partial charge in [0.25, 0.3) is 0 Å². The highest BCUT2D eigenvalue weighted by molar-refractivity contribution is 5.14. The lowest BCUT2D eigenvalue weighted by molar-refractivity contribution is 0.0507. The van der Waals surface area contributed by atoms with Crippen molar-refractivity contribution in [3.63, 3.8) is 0 Å². The van der Waals surface area contributed by atoms with Gasteiger partial charge in [-0.3, -0.25) is 5.32 Å². The Labute approximate surface area is 104 Å².